The highest BCUT2D eigenvalue weighted by Crippen LogP contribution is 2.18. The summed E-state index contributed by atoms with van der Waals surface area (Å²) in [6, 6.07) is -0.551. The Balaban J connectivity index is 3.44. The minimum absolute atomic E-state index is 0.000766. The number of unbranched alkanes of at least 4 members (excludes halogenated alkanes) is 46. The average Bonchev–Trinajstić information content (AvgIpc) is 3.35. The minimum Gasteiger partial charge on any atom is -0.466 e. The van der Waals surface area contributed by atoms with Crippen LogP contribution in [-0.2, 0) is 14.3 Å². The molecule has 0 aromatic heterocycles. The summed E-state index contributed by atoms with van der Waals surface area (Å²) in [7, 11) is 0. The van der Waals surface area contributed by atoms with Crippen LogP contribution in [0.5, 0.6) is 0 Å². The second-order valence-electron chi connectivity index (χ2n) is 21.7. The van der Waals surface area contributed by atoms with E-state index in [2.05, 4.69) is 31.3 Å². The highest BCUT2D eigenvalue weighted by Gasteiger charge is 2.20. The summed E-state index contributed by atoms with van der Waals surface area (Å²) in [6.07, 6.45) is 70.7. The Kier molecular flexibility index (Phi) is 58.0. The highest BCUT2D eigenvalue weighted by molar-refractivity contribution is 5.76. The topological polar surface area (TPSA) is 95.9 Å². The van der Waals surface area contributed by atoms with Crippen LogP contribution in [0.3, 0.4) is 0 Å². The number of amides is 1. The first kappa shape index (κ1) is 67.6. The number of esters is 1. The van der Waals surface area contributed by atoms with Crippen molar-refractivity contribution in [1.82, 2.24) is 5.32 Å². The Labute approximate surface area is 431 Å². The summed E-state index contributed by atoms with van der Waals surface area (Å²) >= 11 is 0. The maximum absolute atomic E-state index is 12.5. The van der Waals surface area contributed by atoms with Gasteiger partial charge in [0.1, 0.15) is 0 Å². The molecule has 6 heteroatoms. The largest absolute Gasteiger partial charge is 0.466 e. The molecule has 0 saturated heterocycles. The maximum Gasteiger partial charge on any atom is 0.305 e. The summed E-state index contributed by atoms with van der Waals surface area (Å²) in [6.45, 7) is 4.96. The predicted molar refractivity (Wildman–Crippen MR) is 301 cm³/mol. The molecule has 0 aliphatic carbocycles. The molecule has 0 aromatic rings. The van der Waals surface area contributed by atoms with Gasteiger partial charge in [0, 0.05) is 12.8 Å². The monoisotopic (exact) mass is 974 g/mol. The van der Waals surface area contributed by atoms with Crippen molar-refractivity contribution in [2.24, 2.45) is 0 Å². The van der Waals surface area contributed by atoms with E-state index in [1.807, 2.05) is 0 Å². The first-order valence-electron chi connectivity index (χ1n) is 31.4. The Morgan fingerprint density at radius 3 is 1.03 bits per heavy atom. The fourth-order valence-electron chi connectivity index (χ4n) is 9.99. The van der Waals surface area contributed by atoms with Crippen LogP contribution in [0, 0.1) is 0 Å². The van der Waals surface area contributed by atoms with Gasteiger partial charge in [0.05, 0.1) is 25.4 Å². The molecule has 69 heavy (non-hydrogen) atoms. The number of aliphatic hydroxyl groups excluding tert-OH is 2. The third-order valence-corrected chi connectivity index (χ3v) is 14.8. The molecular formula is C63H123NO5. The number of hydrogen-bond donors (Lipinski definition) is 3. The van der Waals surface area contributed by atoms with E-state index >= 15 is 0 Å². The molecule has 2 unspecified atom stereocenters. The third kappa shape index (κ3) is 55.8. The summed E-state index contributed by atoms with van der Waals surface area (Å²) < 4.78 is 5.47. The number of allylic oxidation sites excluding steroid dienone is 2. The van der Waals surface area contributed by atoms with Gasteiger partial charge in [-0.05, 0) is 51.4 Å². The third-order valence-electron chi connectivity index (χ3n) is 14.8. The molecule has 410 valence electrons. The number of ether oxygens (including phenoxy) is 1. The van der Waals surface area contributed by atoms with E-state index in [9.17, 15) is 19.8 Å². The molecule has 0 rings (SSSR count). The molecule has 1 amide bonds. The maximum atomic E-state index is 12.5. The van der Waals surface area contributed by atoms with Crippen LogP contribution in [0.1, 0.15) is 354 Å². The Morgan fingerprint density at radius 2 is 0.681 bits per heavy atom. The van der Waals surface area contributed by atoms with Gasteiger partial charge in [-0.15, -0.1) is 0 Å². The van der Waals surface area contributed by atoms with E-state index in [4.69, 9.17) is 4.74 Å². The van der Waals surface area contributed by atoms with Crippen molar-refractivity contribution in [2.75, 3.05) is 13.2 Å². The molecule has 0 saturated carbocycles. The van der Waals surface area contributed by atoms with E-state index in [1.54, 1.807) is 0 Å². The lowest BCUT2D eigenvalue weighted by atomic mass is 10.0. The lowest BCUT2D eigenvalue weighted by Crippen LogP contribution is -2.45. The molecule has 3 N–H and O–H groups in total. The smallest absolute Gasteiger partial charge is 0.305 e. The normalized spacial score (nSPS) is 12.6. The summed E-state index contributed by atoms with van der Waals surface area (Å²) in [5.74, 6) is -0.0421. The van der Waals surface area contributed by atoms with Gasteiger partial charge in [-0.2, -0.15) is 0 Å². The lowest BCUT2D eigenvalue weighted by Gasteiger charge is -2.22. The zero-order valence-electron chi connectivity index (χ0n) is 46.8. The van der Waals surface area contributed by atoms with E-state index in [-0.39, 0.29) is 18.5 Å². The quantitative estimate of drug-likeness (QED) is 0.0321. The van der Waals surface area contributed by atoms with Crippen LogP contribution >= 0.6 is 0 Å². The van der Waals surface area contributed by atoms with E-state index < -0.39 is 12.1 Å². The average molecular weight is 975 g/mol. The van der Waals surface area contributed by atoms with Gasteiger partial charge >= 0.3 is 5.97 Å². The fraction of sp³-hybridized carbons (Fsp3) is 0.937. The summed E-state index contributed by atoms with van der Waals surface area (Å²) in [5.41, 5.74) is 0. The van der Waals surface area contributed by atoms with E-state index in [0.717, 1.165) is 51.4 Å². The van der Waals surface area contributed by atoms with E-state index in [0.29, 0.717) is 25.9 Å². The molecule has 0 bridgehead atoms. The molecule has 2 atom stereocenters. The molecule has 0 radical (unpaired) electrons. The van der Waals surface area contributed by atoms with Crippen molar-refractivity contribution < 1.29 is 24.5 Å². The van der Waals surface area contributed by atoms with Crippen LogP contribution in [0.15, 0.2) is 12.2 Å². The molecule has 0 fully saturated rings. The van der Waals surface area contributed by atoms with Crippen LogP contribution < -0.4 is 5.32 Å². The Hall–Kier alpha value is -1.40. The van der Waals surface area contributed by atoms with Crippen molar-refractivity contribution in [2.45, 2.75) is 366 Å². The van der Waals surface area contributed by atoms with Gasteiger partial charge in [-0.1, -0.05) is 302 Å². The van der Waals surface area contributed by atoms with Gasteiger partial charge in [0.2, 0.25) is 5.91 Å². The number of carbonyl (C=O) groups excluding carboxylic acids is 2. The highest BCUT2D eigenvalue weighted by atomic mass is 16.5. The first-order valence-corrected chi connectivity index (χ1v) is 31.4. The molecule has 0 heterocycles. The van der Waals surface area contributed by atoms with Gasteiger partial charge in [0.25, 0.3) is 0 Å². The molecular weight excluding hydrogens is 851 g/mol. The lowest BCUT2D eigenvalue weighted by molar-refractivity contribution is -0.143. The predicted octanol–water partition coefficient (Wildman–Crippen LogP) is 19.6. The summed E-state index contributed by atoms with van der Waals surface area (Å²) in [4.78, 5) is 24.6. The van der Waals surface area contributed by atoms with Crippen LogP contribution in [0.2, 0.25) is 0 Å². The van der Waals surface area contributed by atoms with Crippen molar-refractivity contribution in [3.63, 3.8) is 0 Å². The van der Waals surface area contributed by atoms with Gasteiger partial charge in [-0.3, -0.25) is 9.59 Å². The second kappa shape index (κ2) is 59.2. The van der Waals surface area contributed by atoms with Gasteiger partial charge in [-0.25, -0.2) is 0 Å². The number of hydrogen-bond acceptors (Lipinski definition) is 5. The van der Waals surface area contributed by atoms with Crippen molar-refractivity contribution in [1.29, 1.82) is 0 Å². The molecule has 6 nitrogen and oxygen atoms in total. The second-order valence-corrected chi connectivity index (χ2v) is 21.7. The Bertz CT molecular complexity index is 1030. The molecule has 0 aliphatic rings. The zero-order chi connectivity index (χ0) is 50.0. The van der Waals surface area contributed by atoms with Gasteiger partial charge < -0.3 is 20.3 Å². The van der Waals surface area contributed by atoms with Crippen molar-refractivity contribution in [3.8, 4) is 0 Å². The Morgan fingerprint density at radius 1 is 0.391 bits per heavy atom. The van der Waals surface area contributed by atoms with Crippen LogP contribution in [-0.4, -0.2) is 47.4 Å². The molecule has 0 aliphatic heterocycles. The number of carbonyl (C=O) groups is 2. The van der Waals surface area contributed by atoms with Crippen LogP contribution in [0.25, 0.3) is 0 Å². The SMILES string of the molecule is CCCCCCCCCCCCCCCCCCCCCCCCC(O)C(CO)NC(=O)CCCCCCCCC/C=C\CCCCCCCCOC(=O)CCCCCCCCCCCCCCC. The van der Waals surface area contributed by atoms with Crippen molar-refractivity contribution >= 4 is 11.9 Å². The zero-order valence-corrected chi connectivity index (χ0v) is 46.8. The fourth-order valence-corrected chi connectivity index (χ4v) is 9.99. The van der Waals surface area contributed by atoms with Crippen LogP contribution in [0.4, 0.5) is 0 Å². The van der Waals surface area contributed by atoms with Crippen molar-refractivity contribution in [3.05, 3.63) is 12.2 Å². The number of nitrogens with one attached hydrogen (secondary N) is 1. The molecule has 0 aromatic carbocycles. The summed E-state index contributed by atoms with van der Waals surface area (Å²) in [5, 5.41) is 23.4. The number of aliphatic hydroxyl groups is 2. The standard InChI is InChI=1S/C63H123NO5/c1-3-5-7-9-11-13-15-17-18-19-20-21-22-23-25-28-32-35-39-43-47-51-55-61(66)60(59-65)64-62(67)56-52-48-44-40-36-33-29-26-24-27-30-34-38-42-46-50-54-58-69-63(68)57-53-49-45-41-37-31-16-14-12-10-8-6-4-2/h24,27,60-61,65-66H,3-23,25-26,28-59H2,1-2H3,(H,64,67)/b27-24-. The van der Waals surface area contributed by atoms with Gasteiger partial charge in [0.15, 0.2) is 0 Å². The first-order chi connectivity index (χ1) is 34.0. The van der Waals surface area contributed by atoms with E-state index in [1.165, 1.54) is 270 Å². The number of rotatable bonds is 59. The molecule has 0 spiro atoms. The minimum atomic E-state index is -0.672.